The van der Waals surface area contributed by atoms with Crippen molar-refractivity contribution in [3.05, 3.63) is 128 Å². The molecule has 164 valence electrons. The van der Waals surface area contributed by atoms with E-state index in [0.717, 1.165) is 28.0 Å². The molecule has 0 fully saturated rings. The lowest BCUT2D eigenvalue weighted by molar-refractivity contribution is 0.414. The van der Waals surface area contributed by atoms with Gasteiger partial charge in [0, 0.05) is 12.0 Å². The van der Waals surface area contributed by atoms with Gasteiger partial charge in [0.15, 0.2) is 10.8 Å². The molecule has 1 heterocycles. The van der Waals surface area contributed by atoms with Crippen molar-refractivity contribution in [3.63, 3.8) is 0 Å². The minimum atomic E-state index is -0.263. The molecule has 3 aromatic carbocycles. The second-order valence-electron chi connectivity index (χ2n) is 7.72. The zero-order valence-electron chi connectivity index (χ0n) is 18.5. The molecule has 0 atom stereocenters. The molecule has 1 aromatic heterocycles. The summed E-state index contributed by atoms with van der Waals surface area (Å²) in [7, 11) is 1.62. The standard InChI is InChI=1S/C28H23ClN2O2/c1-20-8-10-21(11-9-20)14-17-25-28(32)31(19-23-12-15-24(33-2)16-13-23)26(27(29)30-25)18-22-6-4-3-5-7-22/h3-13,15-16H,18-19H2,1-2H3. The van der Waals surface area contributed by atoms with E-state index in [0.29, 0.717) is 18.7 Å². The van der Waals surface area contributed by atoms with Gasteiger partial charge in [-0.2, -0.15) is 0 Å². The summed E-state index contributed by atoms with van der Waals surface area (Å²) >= 11 is 6.61. The fourth-order valence-corrected chi connectivity index (χ4v) is 3.71. The van der Waals surface area contributed by atoms with E-state index in [2.05, 4.69) is 16.8 Å². The maximum atomic E-state index is 13.4. The third-order valence-electron chi connectivity index (χ3n) is 5.31. The Balaban J connectivity index is 1.78. The molecule has 0 unspecified atom stereocenters. The first-order valence-corrected chi connectivity index (χ1v) is 11.0. The lowest BCUT2D eigenvalue weighted by Gasteiger charge is -2.15. The lowest BCUT2D eigenvalue weighted by atomic mass is 10.1. The van der Waals surface area contributed by atoms with Crippen LogP contribution in [-0.2, 0) is 13.0 Å². The number of benzene rings is 3. The molecule has 0 radical (unpaired) electrons. The molecule has 33 heavy (non-hydrogen) atoms. The average Bonchev–Trinajstić information content (AvgIpc) is 2.84. The van der Waals surface area contributed by atoms with E-state index < -0.39 is 0 Å². The van der Waals surface area contributed by atoms with Gasteiger partial charge in [-0.3, -0.25) is 4.79 Å². The zero-order chi connectivity index (χ0) is 23.2. The highest BCUT2D eigenvalue weighted by Crippen LogP contribution is 2.19. The van der Waals surface area contributed by atoms with Crippen molar-refractivity contribution in [1.82, 2.24) is 9.55 Å². The molecule has 4 nitrogen and oxygen atoms in total. The summed E-state index contributed by atoms with van der Waals surface area (Å²) in [6, 6.07) is 25.3. The number of halogens is 1. The van der Waals surface area contributed by atoms with Crippen LogP contribution in [0, 0.1) is 18.8 Å². The van der Waals surface area contributed by atoms with Crippen molar-refractivity contribution in [2.75, 3.05) is 7.11 Å². The third-order valence-corrected chi connectivity index (χ3v) is 5.62. The molecule has 0 N–H and O–H groups in total. The fraction of sp³-hybridized carbons (Fsp3) is 0.143. The number of hydrogen-bond donors (Lipinski definition) is 0. The van der Waals surface area contributed by atoms with Crippen molar-refractivity contribution in [3.8, 4) is 17.6 Å². The number of nitrogens with zero attached hydrogens (tertiary/aromatic N) is 2. The maximum absolute atomic E-state index is 13.4. The summed E-state index contributed by atoms with van der Waals surface area (Å²) in [6.45, 7) is 2.37. The van der Waals surface area contributed by atoms with E-state index in [-0.39, 0.29) is 16.4 Å². The summed E-state index contributed by atoms with van der Waals surface area (Å²) in [6.07, 6.45) is 0.490. The van der Waals surface area contributed by atoms with Gasteiger partial charge in [0.1, 0.15) is 5.75 Å². The first kappa shape index (κ1) is 22.4. The van der Waals surface area contributed by atoms with Gasteiger partial charge in [-0.15, -0.1) is 0 Å². The number of rotatable bonds is 5. The Morgan fingerprint density at radius 1 is 0.909 bits per heavy atom. The Morgan fingerprint density at radius 3 is 2.27 bits per heavy atom. The number of aryl methyl sites for hydroxylation is 1. The highest BCUT2D eigenvalue weighted by Gasteiger charge is 2.16. The van der Waals surface area contributed by atoms with Crippen LogP contribution in [0.25, 0.3) is 0 Å². The van der Waals surface area contributed by atoms with Gasteiger partial charge in [-0.05, 0) is 48.2 Å². The van der Waals surface area contributed by atoms with E-state index in [1.807, 2.05) is 85.8 Å². The second kappa shape index (κ2) is 10.2. The summed E-state index contributed by atoms with van der Waals surface area (Å²) < 4.78 is 6.92. The van der Waals surface area contributed by atoms with Crippen molar-refractivity contribution in [1.29, 1.82) is 0 Å². The normalized spacial score (nSPS) is 10.4. The van der Waals surface area contributed by atoms with Crippen molar-refractivity contribution < 1.29 is 4.74 Å². The van der Waals surface area contributed by atoms with E-state index in [1.165, 1.54) is 0 Å². The highest BCUT2D eigenvalue weighted by molar-refractivity contribution is 6.30. The summed E-state index contributed by atoms with van der Waals surface area (Å²) in [5.74, 6) is 6.71. The number of aromatic nitrogens is 2. The zero-order valence-corrected chi connectivity index (χ0v) is 19.3. The minimum Gasteiger partial charge on any atom is -0.497 e. The predicted molar refractivity (Wildman–Crippen MR) is 132 cm³/mol. The largest absolute Gasteiger partial charge is 0.497 e. The molecule has 4 aromatic rings. The number of ether oxygens (including phenoxy) is 1. The van der Waals surface area contributed by atoms with Crippen LogP contribution < -0.4 is 10.3 Å². The van der Waals surface area contributed by atoms with Crippen molar-refractivity contribution in [2.24, 2.45) is 0 Å². The Bertz CT molecular complexity index is 1360. The lowest BCUT2D eigenvalue weighted by Crippen LogP contribution is -2.28. The molecule has 0 aliphatic rings. The molecule has 0 amide bonds. The van der Waals surface area contributed by atoms with Crippen molar-refractivity contribution >= 4 is 11.6 Å². The van der Waals surface area contributed by atoms with Crippen LogP contribution in [0.1, 0.15) is 33.6 Å². The molecule has 0 spiro atoms. The topological polar surface area (TPSA) is 44.1 Å². The van der Waals surface area contributed by atoms with Gasteiger partial charge in [0.25, 0.3) is 5.56 Å². The van der Waals surface area contributed by atoms with E-state index in [4.69, 9.17) is 16.3 Å². The van der Waals surface area contributed by atoms with Gasteiger partial charge in [0.2, 0.25) is 0 Å². The van der Waals surface area contributed by atoms with Gasteiger partial charge < -0.3 is 9.30 Å². The third kappa shape index (κ3) is 5.52. The molecular formula is C28H23ClN2O2. The van der Waals surface area contributed by atoms with Gasteiger partial charge in [0.05, 0.1) is 19.3 Å². The van der Waals surface area contributed by atoms with E-state index in [1.54, 1.807) is 11.7 Å². The Labute approximate surface area is 198 Å². The van der Waals surface area contributed by atoms with Crippen LogP contribution in [0.2, 0.25) is 5.15 Å². The molecule has 0 saturated carbocycles. The summed E-state index contributed by atoms with van der Waals surface area (Å²) in [4.78, 5) is 17.8. The summed E-state index contributed by atoms with van der Waals surface area (Å²) in [5.41, 5.74) is 4.48. The number of methoxy groups -OCH3 is 1. The SMILES string of the molecule is COc1ccc(Cn2c(Cc3ccccc3)c(Cl)nc(C#Cc3ccc(C)cc3)c2=O)cc1. The minimum absolute atomic E-state index is 0.130. The summed E-state index contributed by atoms with van der Waals surface area (Å²) in [5, 5.41) is 0.278. The van der Waals surface area contributed by atoms with Crippen LogP contribution in [0.3, 0.4) is 0 Å². The molecule has 4 rings (SSSR count). The Hall–Kier alpha value is -3.81. The molecule has 0 aliphatic heterocycles. The maximum Gasteiger partial charge on any atom is 0.285 e. The van der Waals surface area contributed by atoms with Gasteiger partial charge in [-0.1, -0.05) is 77.7 Å². The van der Waals surface area contributed by atoms with Crippen LogP contribution in [0.15, 0.2) is 83.7 Å². The highest BCUT2D eigenvalue weighted by atomic mass is 35.5. The average molecular weight is 455 g/mol. The molecule has 0 aliphatic carbocycles. The first-order valence-electron chi connectivity index (χ1n) is 10.6. The molecule has 0 bridgehead atoms. The van der Waals surface area contributed by atoms with E-state index in [9.17, 15) is 4.79 Å². The predicted octanol–water partition coefficient (Wildman–Crippen LogP) is 5.25. The fourth-order valence-electron chi connectivity index (χ4n) is 3.46. The quantitative estimate of drug-likeness (QED) is 0.387. The second-order valence-corrected chi connectivity index (χ2v) is 8.07. The first-order chi connectivity index (χ1) is 16.0. The molecule has 0 saturated heterocycles. The molecule has 5 heteroatoms. The van der Waals surface area contributed by atoms with Gasteiger partial charge >= 0.3 is 0 Å². The van der Waals surface area contributed by atoms with Crippen molar-refractivity contribution in [2.45, 2.75) is 19.9 Å². The molecular weight excluding hydrogens is 432 g/mol. The van der Waals surface area contributed by atoms with Crippen LogP contribution in [0.4, 0.5) is 0 Å². The van der Waals surface area contributed by atoms with Crippen LogP contribution >= 0.6 is 11.6 Å². The Kier molecular flexibility index (Phi) is 6.92. The Morgan fingerprint density at radius 2 is 1.61 bits per heavy atom. The van der Waals surface area contributed by atoms with E-state index >= 15 is 0 Å². The monoisotopic (exact) mass is 454 g/mol. The van der Waals surface area contributed by atoms with Crippen LogP contribution in [-0.4, -0.2) is 16.7 Å². The van der Waals surface area contributed by atoms with Gasteiger partial charge in [-0.25, -0.2) is 4.98 Å². The van der Waals surface area contributed by atoms with Crippen LogP contribution in [0.5, 0.6) is 5.75 Å². The number of hydrogen-bond acceptors (Lipinski definition) is 3. The smallest absolute Gasteiger partial charge is 0.285 e.